The van der Waals surface area contributed by atoms with Gasteiger partial charge in [0.1, 0.15) is 23.9 Å². The molecule has 5 aromatic rings. The molecule has 3 heterocycles. The summed E-state index contributed by atoms with van der Waals surface area (Å²) in [5, 5.41) is 0. The lowest BCUT2D eigenvalue weighted by Gasteiger charge is -2.25. The van der Waals surface area contributed by atoms with Gasteiger partial charge in [-0.3, -0.25) is 0 Å². The normalized spacial score (nSPS) is 19.4. The molecule has 0 aliphatic carbocycles. The van der Waals surface area contributed by atoms with E-state index in [-0.39, 0.29) is 33.7 Å². The summed E-state index contributed by atoms with van der Waals surface area (Å²) < 4.78 is 24.6. The zero-order valence-corrected chi connectivity index (χ0v) is 22.9. The topological polar surface area (TPSA) is 178 Å². The van der Waals surface area contributed by atoms with E-state index in [2.05, 4.69) is 15.0 Å². The highest BCUT2D eigenvalue weighted by Crippen LogP contribution is 2.36. The van der Waals surface area contributed by atoms with Gasteiger partial charge in [-0.2, -0.15) is 4.98 Å². The van der Waals surface area contributed by atoms with Crippen molar-refractivity contribution in [1.29, 1.82) is 0 Å². The Balaban J connectivity index is 1.41. The van der Waals surface area contributed by atoms with E-state index in [0.717, 1.165) is 4.57 Å². The molecule has 0 saturated carbocycles. The molecule has 1 fully saturated rings. The maximum atomic E-state index is 13.3. The molecule has 44 heavy (non-hydrogen) atoms. The average Bonchev–Trinajstić information content (AvgIpc) is 3.67. The van der Waals surface area contributed by atoms with Crippen LogP contribution in [0.15, 0.2) is 102 Å². The molecular formula is C31H25N5O8. The van der Waals surface area contributed by atoms with Gasteiger partial charge in [-0.25, -0.2) is 28.7 Å². The number of imidazole rings is 1. The number of aromatic amines is 1. The Morgan fingerprint density at radius 3 is 1.89 bits per heavy atom. The minimum atomic E-state index is -1.41. The molecule has 13 heteroatoms. The van der Waals surface area contributed by atoms with Gasteiger partial charge in [0.15, 0.2) is 24.3 Å². The van der Waals surface area contributed by atoms with Crippen molar-refractivity contribution in [3.8, 4) is 0 Å². The van der Waals surface area contributed by atoms with Crippen molar-refractivity contribution in [1.82, 2.24) is 19.5 Å². The molecule has 3 N–H and O–H groups in total. The van der Waals surface area contributed by atoms with Crippen LogP contribution in [0.1, 0.15) is 37.3 Å². The maximum absolute atomic E-state index is 13.3. The molecule has 1 aliphatic heterocycles. The van der Waals surface area contributed by atoms with Crippen LogP contribution in [0.4, 0.5) is 5.82 Å². The minimum absolute atomic E-state index is 0.126. The summed E-state index contributed by atoms with van der Waals surface area (Å²) in [7, 11) is 0. The lowest BCUT2D eigenvalue weighted by atomic mass is 10.1. The van der Waals surface area contributed by atoms with Crippen LogP contribution >= 0.6 is 0 Å². The third kappa shape index (κ3) is 5.63. The first kappa shape index (κ1) is 28.3. The minimum Gasteiger partial charge on any atom is -0.459 e. The van der Waals surface area contributed by atoms with E-state index in [1.54, 1.807) is 91.0 Å². The number of nitrogens with two attached hydrogens (primary N) is 1. The number of ether oxygens (including phenoxy) is 4. The summed E-state index contributed by atoms with van der Waals surface area (Å²) in [6.45, 7) is -0.417. The van der Waals surface area contributed by atoms with Gasteiger partial charge in [-0.05, 0) is 36.4 Å². The molecule has 1 aliphatic rings. The monoisotopic (exact) mass is 595 g/mol. The third-order valence-electron chi connectivity index (χ3n) is 6.96. The zero-order valence-electron chi connectivity index (χ0n) is 22.9. The second kappa shape index (κ2) is 12.2. The van der Waals surface area contributed by atoms with Crippen LogP contribution < -0.4 is 11.4 Å². The number of H-pyrrole nitrogens is 1. The lowest BCUT2D eigenvalue weighted by molar-refractivity contribution is -0.0622. The number of benzene rings is 3. The van der Waals surface area contributed by atoms with Crippen LogP contribution in [0, 0.1) is 0 Å². The lowest BCUT2D eigenvalue weighted by Crippen LogP contribution is -2.42. The van der Waals surface area contributed by atoms with Crippen molar-refractivity contribution >= 4 is 34.9 Å². The first-order chi connectivity index (χ1) is 21.4. The number of nitrogen functional groups attached to an aromatic ring is 1. The average molecular weight is 596 g/mol. The number of hydrogen-bond acceptors (Lipinski definition) is 11. The summed E-state index contributed by atoms with van der Waals surface area (Å²) in [5.74, 6) is -2.32. The second-order valence-electron chi connectivity index (χ2n) is 9.75. The maximum Gasteiger partial charge on any atom is 0.353 e. The van der Waals surface area contributed by atoms with Crippen molar-refractivity contribution in [3.63, 3.8) is 0 Å². The molecule has 222 valence electrons. The van der Waals surface area contributed by atoms with Crippen LogP contribution in [0.25, 0.3) is 11.2 Å². The highest BCUT2D eigenvalue weighted by molar-refractivity contribution is 5.91. The number of carbonyl (C=O) groups excluding carboxylic acids is 3. The fourth-order valence-electron chi connectivity index (χ4n) is 4.87. The summed E-state index contributed by atoms with van der Waals surface area (Å²) in [6.07, 6.45) is -4.03. The van der Waals surface area contributed by atoms with Crippen LogP contribution in [-0.2, 0) is 18.9 Å². The van der Waals surface area contributed by atoms with Crippen LogP contribution in [0.3, 0.4) is 0 Å². The molecule has 4 atom stereocenters. The third-order valence-corrected chi connectivity index (χ3v) is 6.96. The van der Waals surface area contributed by atoms with Gasteiger partial charge < -0.3 is 29.7 Å². The Morgan fingerprint density at radius 2 is 1.32 bits per heavy atom. The molecule has 3 aromatic carbocycles. The SMILES string of the molecule is Nc1nc(=O)n(C2OC(COC(=O)c3ccccc3)C(OC(=O)c3ccccc3)C2OC(=O)c2ccccc2)c2[nH]cnc12. The Kier molecular flexibility index (Phi) is 7.84. The Hall–Kier alpha value is -5.82. The smallest absolute Gasteiger partial charge is 0.353 e. The van der Waals surface area contributed by atoms with E-state index in [9.17, 15) is 19.2 Å². The Labute approximate surface area is 249 Å². The fraction of sp³-hybridized carbons (Fsp3) is 0.161. The molecule has 0 spiro atoms. The van der Waals surface area contributed by atoms with Crippen molar-refractivity contribution in [3.05, 3.63) is 124 Å². The number of nitrogens with zero attached hydrogens (tertiary/aromatic N) is 3. The summed E-state index contributed by atoms with van der Waals surface area (Å²) >= 11 is 0. The molecule has 0 radical (unpaired) electrons. The number of aromatic nitrogens is 4. The second-order valence-corrected chi connectivity index (χ2v) is 9.75. The number of hydrogen-bond donors (Lipinski definition) is 2. The molecule has 4 unspecified atom stereocenters. The van der Waals surface area contributed by atoms with Crippen molar-refractivity contribution in [2.24, 2.45) is 0 Å². The summed E-state index contributed by atoms with van der Waals surface area (Å²) in [5.41, 5.74) is 6.07. The van der Waals surface area contributed by atoms with Crippen LogP contribution in [-0.4, -0.2) is 62.3 Å². The van der Waals surface area contributed by atoms with Gasteiger partial charge in [0.05, 0.1) is 23.0 Å². The number of esters is 3. The molecule has 1 saturated heterocycles. The van der Waals surface area contributed by atoms with Crippen LogP contribution in [0.5, 0.6) is 0 Å². The summed E-state index contributed by atoms with van der Waals surface area (Å²) in [4.78, 5) is 63.5. The fourth-order valence-corrected chi connectivity index (χ4v) is 4.87. The molecule has 2 aromatic heterocycles. The van der Waals surface area contributed by atoms with E-state index in [0.29, 0.717) is 0 Å². The molecular weight excluding hydrogens is 570 g/mol. The highest BCUT2D eigenvalue weighted by Gasteiger charge is 2.52. The largest absolute Gasteiger partial charge is 0.459 e. The predicted octanol–water partition coefficient (Wildman–Crippen LogP) is 2.91. The number of nitrogens with one attached hydrogen (secondary N) is 1. The summed E-state index contributed by atoms with van der Waals surface area (Å²) in [6, 6.07) is 24.5. The Morgan fingerprint density at radius 1 is 0.795 bits per heavy atom. The van der Waals surface area contributed by atoms with E-state index < -0.39 is 54.7 Å². The van der Waals surface area contributed by atoms with Crippen molar-refractivity contribution in [2.75, 3.05) is 12.3 Å². The number of rotatable bonds is 8. The van der Waals surface area contributed by atoms with Gasteiger partial charge in [0.25, 0.3) is 0 Å². The van der Waals surface area contributed by atoms with Gasteiger partial charge in [0, 0.05) is 0 Å². The van der Waals surface area contributed by atoms with Gasteiger partial charge in [-0.1, -0.05) is 54.6 Å². The molecule has 0 bridgehead atoms. The standard InChI is InChI=1S/C31H25N5O8/c32-25-22-26(34-17-33-22)36(31(40)35-25)27-24(44-30(39)20-14-8-3-9-15-20)23(43-29(38)19-12-6-2-7-13-19)21(42-27)16-41-28(37)18-10-4-1-5-11-18/h1-15,17,21,23-24,27H,16H2,(H,33,34)(H2,32,35,40). The van der Waals surface area contributed by atoms with Gasteiger partial charge in [-0.15, -0.1) is 0 Å². The predicted molar refractivity (Wildman–Crippen MR) is 154 cm³/mol. The van der Waals surface area contributed by atoms with E-state index >= 15 is 0 Å². The van der Waals surface area contributed by atoms with Crippen LogP contribution in [0.2, 0.25) is 0 Å². The first-order valence-corrected chi connectivity index (χ1v) is 13.5. The van der Waals surface area contributed by atoms with Crippen molar-refractivity contribution < 1.29 is 33.3 Å². The van der Waals surface area contributed by atoms with E-state index in [1.165, 1.54) is 6.33 Å². The molecule has 13 nitrogen and oxygen atoms in total. The number of anilines is 1. The molecule has 0 amide bonds. The first-order valence-electron chi connectivity index (χ1n) is 13.5. The Bertz CT molecular complexity index is 1860. The van der Waals surface area contributed by atoms with Gasteiger partial charge >= 0.3 is 23.6 Å². The van der Waals surface area contributed by atoms with E-state index in [4.69, 9.17) is 24.7 Å². The van der Waals surface area contributed by atoms with Crippen molar-refractivity contribution in [2.45, 2.75) is 24.5 Å². The number of carbonyl (C=O) groups is 3. The zero-order chi connectivity index (χ0) is 30.6. The van der Waals surface area contributed by atoms with Gasteiger partial charge in [0.2, 0.25) is 0 Å². The highest BCUT2D eigenvalue weighted by atomic mass is 16.7. The molecule has 6 rings (SSSR count). The van der Waals surface area contributed by atoms with E-state index in [1.807, 2.05) is 0 Å². The quantitative estimate of drug-likeness (QED) is 0.199. The number of fused-ring (bicyclic) bond motifs is 1.